The summed E-state index contributed by atoms with van der Waals surface area (Å²) in [6, 6.07) is -0.478. The summed E-state index contributed by atoms with van der Waals surface area (Å²) in [6.45, 7) is 5.04. The Labute approximate surface area is 96.3 Å². The van der Waals surface area contributed by atoms with Crippen molar-refractivity contribution in [3.63, 3.8) is 0 Å². The van der Waals surface area contributed by atoms with Crippen LogP contribution in [0, 0.1) is 0 Å². The van der Waals surface area contributed by atoms with E-state index in [0.717, 1.165) is 31.4 Å². The molecule has 0 unspecified atom stereocenters. The van der Waals surface area contributed by atoms with Crippen LogP contribution in [0.4, 0.5) is 0 Å². The Morgan fingerprint density at radius 1 is 1.56 bits per heavy atom. The van der Waals surface area contributed by atoms with Crippen molar-refractivity contribution >= 4 is 5.91 Å². The fraction of sp³-hybridized carbons (Fsp3) is 0.462. The van der Waals surface area contributed by atoms with E-state index in [9.17, 15) is 4.79 Å². The molecule has 2 N–H and O–H groups in total. The van der Waals surface area contributed by atoms with Crippen LogP contribution in [0.3, 0.4) is 0 Å². The smallest absolute Gasteiger partial charge is 0.244 e. The number of carbonyl (C=O) groups excluding carboxylic acids is 1. The number of nitrogens with zero attached hydrogens (tertiary/aromatic N) is 1. The number of nitrogens with two attached hydrogens (primary N) is 1. The molecule has 3 heteroatoms. The number of hydrogen-bond donors (Lipinski definition) is 1. The Bertz CT molecular complexity index is 368. The summed E-state index contributed by atoms with van der Waals surface area (Å²) in [5, 5.41) is 0. The van der Waals surface area contributed by atoms with E-state index in [2.05, 4.69) is 12.7 Å². The molecule has 0 saturated carbocycles. The quantitative estimate of drug-likeness (QED) is 0.712. The molecule has 1 aliphatic carbocycles. The van der Waals surface area contributed by atoms with E-state index in [1.165, 1.54) is 5.57 Å². The summed E-state index contributed by atoms with van der Waals surface area (Å²) in [5.74, 6) is 0.0245. The van der Waals surface area contributed by atoms with Crippen LogP contribution in [-0.4, -0.2) is 29.9 Å². The topological polar surface area (TPSA) is 46.3 Å². The molecule has 0 bridgehead atoms. The second kappa shape index (κ2) is 4.66. The Hall–Kier alpha value is -1.35. The zero-order valence-corrected chi connectivity index (χ0v) is 9.48. The van der Waals surface area contributed by atoms with E-state index in [4.69, 9.17) is 5.73 Å². The van der Waals surface area contributed by atoms with E-state index in [0.29, 0.717) is 6.54 Å². The Morgan fingerprint density at radius 3 is 3.12 bits per heavy atom. The lowest BCUT2D eigenvalue weighted by Crippen LogP contribution is -2.43. The molecular formula is C13H18N2O. The maximum atomic E-state index is 12.1. The van der Waals surface area contributed by atoms with Gasteiger partial charge in [-0.05, 0) is 24.8 Å². The predicted molar refractivity (Wildman–Crippen MR) is 64.8 cm³/mol. The van der Waals surface area contributed by atoms with Gasteiger partial charge in [0, 0.05) is 13.1 Å². The van der Waals surface area contributed by atoms with Crippen molar-refractivity contribution in [1.29, 1.82) is 0 Å². The van der Waals surface area contributed by atoms with Gasteiger partial charge < -0.3 is 10.6 Å². The molecule has 0 aromatic carbocycles. The van der Waals surface area contributed by atoms with Gasteiger partial charge in [0.05, 0.1) is 0 Å². The number of allylic oxidation sites excluding steroid dienone is 1. The molecule has 0 spiro atoms. The summed E-state index contributed by atoms with van der Waals surface area (Å²) in [6.07, 6.45) is 8.96. The highest BCUT2D eigenvalue weighted by molar-refractivity contribution is 5.86. The van der Waals surface area contributed by atoms with Crippen LogP contribution in [0.5, 0.6) is 0 Å². The third-order valence-corrected chi connectivity index (χ3v) is 3.26. The van der Waals surface area contributed by atoms with Gasteiger partial charge in [-0.2, -0.15) is 0 Å². The van der Waals surface area contributed by atoms with Gasteiger partial charge in [-0.1, -0.05) is 23.8 Å². The first kappa shape index (κ1) is 11.1. The number of rotatable bonds is 2. The maximum absolute atomic E-state index is 12.1. The molecule has 3 nitrogen and oxygen atoms in total. The largest absolute Gasteiger partial charge is 0.337 e. The molecule has 86 valence electrons. The van der Waals surface area contributed by atoms with Gasteiger partial charge in [0.25, 0.3) is 0 Å². The van der Waals surface area contributed by atoms with Gasteiger partial charge in [-0.15, -0.1) is 6.58 Å². The van der Waals surface area contributed by atoms with Gasteiger partial charge in [-0.3, -0.25) is 4.79 Å². The SMILES string of the molecule is C=CCN1CCC2=C(C=CCC2)[C@H](N)C1=O. The van der Waals surface area contributed by atoms with Crippen molar-refractivity contribution in [2.45, 2.75) is 25.3 Å². The molecule has 0 radical (unpaired) electrons. The van der Waals surface area contributed by atoms with Crippen LogP contribution in [0.15, 0.2) is 36.0 Å². The molecule has 0 fully saturated rings. The van der Waals surface area contributed by atoms with Crippen molar-refractivity contribution in [2.75, 3.05) is 13.1 Å². The molecule has 2 aliphatic rings. The van der Waals surface area contributed by atoms with Crippen LogP contribution in [-0.2, 0) is 4.79 Å². The van der Waals surface area contributed by atoms with Crippen LogP contribution in [0.2, 0.25) is 0 Å². The summed E-state index contributed by atoms with van der Waals surface area (Å²) in [5.41, 5.74) is 8.42. The highest BCUT2D eigenvalue weighted by Gasteiger charge is 2.28. The van der Waals surface area contributed by atoms with Gasteiger partial charge >= 0.3 is 0 Å². The van der Waals surface area contributed by atoms with E-state index >= 15 is 0 Å². The van der Waals surface area contributed by atoms with Gasteiger partial charge in [0.1, 0.15) is 6.04 Å². The summed E-state index contributed by atoms with van der Waals surface area (Å²) in [4.78, 5) is 13.9. The molecule has 1 heterocycles. The normalized spacial score (nSPS) is 25.4. The first-order valence-corrected chi connectivity index (χ1v) is 5.77. The minimum atomic E-state index is -0.478. The van der Waals surface area contributed by atoms with E-state index in [1.807, 2.05) is 6.08 Å². The van der Waals surface area contributed by atoms with E-state index in [-0.39, 0.29) is 5.91 Å². The number of amides is 1. The zero-order valence-electron chi connectivity index (χ0n) is 9.48. The van der Waals surface area contributed by atoms with Crippen molar-refractivity contribution in [3.05, 3.63) is 36.0 Å². The van der Waals surface area contributed by atoms with E-state index in [1.54, 1.807) is 11.0 Å². The minimum Gasteiger partial charge on any atom is -0.337 e. The highest BCUT2D eigenvalue weighted by Crippen LogP contribution is 2.27. The molecule has 1 atom stereocenters. The standard InChI is InChI=1S/C13H18N2O/c1-2-8-15-9-7-10-5-3-4-6-11(10)12(14)13(15)16/h2,4,6,12H,1,3,5,7-9,14H2/t12-/m0/s1. The Kier molecular flexibility index (Phi) is 3.25. The maximum Gasteiger partial charge on any atom is 0.244 e. The average Bonchev–Trinajstić information content (AvgIpc) is 2.43. The van der Waals surface area contributed by atoms with Crippen molar-refractivity contribution < 1.29 is 4.79 Å². The lowest BCUT2D eigenvalue weighted by atomic mass is 9.92. The number of carbonyl (C=O) groups is 1. The predicted octanol–water partition coefficient (Wildman–Crippen LogP) is 1.38. The molecule has 1 amide bonds. The fourth-order valence-electron chi connectivity index (χ4n) is 2.37. The van der Waals surface area contributed by atoms with Crippen LogP contribution in [0.25, 0.3) is 0 Å². The first-order chi connectivity index (χ1) is 7.74. The molecule has 16 heavy (non-hydrogen) atoms. The van der Waals surface area contributed by atoms with Gasteiger partial charge in [-0.25, -0.2) is 0 Å². The molecule has 0 aromatic heterocycles. The van der Waals surface area contributed by atoms with Crippen LogP contribution in [0.1, 0.15) is 19.3 Å². The lowest BCUT2D eigenvalue weighted by molar-refractivity contribution is -0.130. The fourth-order valence-corrected chi connectivity index (χ4v) is 2.37. The number of hydrogen-bond acceptors (Lipinski definition) is 2. The van der Waals surface area contributed by atoms with Gasteiger partial charge in [0.2, 0.25) is 5.91 Å². The van der Waals surface area contributed by atoms with Crippen molar-refractivity contribution in [1.82, 2.24) is 4.90 Å². The zero-order chi connectivity index (χ0) is 11.5. The summed E-state index contributed by atoms with van der Waals surface area (Å²) in [7, 11) is 0. The van der Waals surface area contributed by atoms with Crippen molar-refractivity contribution in [3.8, 4) is 0 Å². The van der Waals surface area contributed by atoms with E-state index < -0.39 is 6.04 Å². The Balaban J connectivity index is 2.24. The van der Waals surface area contributed by atoms with Crippen molar-refractivity contribution in [2.24, 2.45) is 5.73 Å². The summed E-state index contributed by atoms with van der Waals surface area (Å²) < 4.78 is 0. The minimum absolute atomic E-state index is 0.0245. The first-order valence-electron chi connectivity index (χ1n) is 5.77. The molecule has 0 aromatic rings. The third kappa shape index (κ3) is 1.95. The summed E-state index contributed by atoms with van der Waals surface area (Å²) >= 11 is 0. The van der Waals surface area contributed by atoms with Crippen LogP contribution >= 0.6 is 0 Å². The molecule has 1 aliphatic heterocycles. The second-order valence-corrected chi connectivity index (χ2v) is 4.30. The lowest BCUT2D eigenvalue weighted by Gasteiger charge is -2.21. The average molecular weight is 218 g/mol. The third-order valence-electron chi connectivity index (χ3n) is 3.26. The highest BCUT2D eigenvalue weighted by atomic mass is 16.2. The van der Waals surface area contributed by atoms with Gasteiger partial charge in [0.15, 0.2) is 0 Å². The molecular weight excluding hydrogens is 200 g/mol. The monoisotopic (exact) mass is 218 g/mol. The van der Waals surface area contributed by atoms with Crippen LogP contribution < -0.4 is 5.73 Å². The Morgan fingerprint density at radius 2 is 2.38 bits per heavy atom. The second-order valence-electron chi connectivity index (χ2n) is 4.30. The molecule has 2 rings (SSSR count). The molecule has 0 saturated heterocycles.